The zero-order valence-electron chi connectivity index (χ0n) is 20.8. The zero-order chi connectivity index (χ0) is 26.9. The summed E-state index contributed by atoms with van der Waals surface area (Å²) in [5.41, 5.74) is 6.45. The first kappa shape index (κ1) is 26.6. The first-order valence-corrected chi connectivity index (χ1v) is 13.1. The summed E-state index contributed by atoms with van der Waals surface area (Å²) in [6.45, 7) is 8.21. The number of nitrogens with one attached hydrogen (secondary N) is 3. The maximum atomic E-state index is 13.2. The molecule has 0 atom stereocenters. The van der Waals surface area contributed by atoms with E-state index in [1.807, 2.05) is 37.3 Å². The Labute approximate surface area is 231 Å². The molecule has 9 heteroatoms. The van der Waals surface area contributed by atoms with E-state index < -0.39 is 17.7 Å². The highest BCUT2D eigenvalue weighted by molar-refractivity contribution is 9.10. The molecule has 4 aromatic rings. The smallest absolute Gasteiger partial charge is 0.321 e. The van der Waals surface area contributed by atoms with Gasteiger partial charge in [0.05, 0.1) is 5.52 Å². The van der Waals surface area contributed by atoms with Crippen molar-refractivity contribution in [1.82, 2.24) is 4.68 Å². The average molecular weight is 626 g/mol. The minimum absolute atomic E-state index is 0.0314. The molecule has 190 valence electrons. The predicted octanol–water partition coefficient (Wildman–Crippen LogP) is 6.73. The van der Waals surface area contributed by atoms with E-state index in [0.717, 1.165) is 20.1 Å². The van der Waals surface area contributed by atoms with Crippen LogP contribution >= 0.6 is 31.9 Å². The van der Waals surface area contributed by atoms with E-state index in [1.165, 1.54) is 4.68 Å². The number of hydrogen-bond acceptors (Lipinski definition) is 3. The largest absolute Gasteiger partial charge is 0.328 e. The van der Waals surface area contributed by atoms with Gasteiger partial charge in [-0.2, -0.15) is 0 Å². The molecule has 0 aliphatic rings. The monoisotopic (exact) mass is 624 g/mol. The second-order valence-corrected chi connectivity index (χ2v) is 11.5. The van der Waals surface area contributed by atoms with Crippen LogP contribution in [0.1, 0.15) is 42.4 Å². The molecule has 0 aliphatic heterocycles. The van der Waals surface area contributed by atoms with Crippen molar-refractivity contribution in [3.05, 3.63) is 92.5 Å². The third-order valence-electron chi connectivity index (χ3n) is 5.84. The highest BCUT2D eigenvalue weighted by Gasteiger charge is 2.22. The Hall–Kier alpha value is -3.43. The van der Waals surface area contributed by atoms with Gasteiger partial charge in [-0.15, -0.1) is 0 Å². The molecule has 3 aromatic carbocycles. The molecule has 0 fully saturated rings. The second-order valence-electron chi connectivity index (χ2n) is 9.71. The molecule has 7 nitrogen and oxygen atoms in total. The summed E-state index contributed by atoms with van der Waals surface area (Å²) >= 11 is 6.89. The SMILES string of the molecule is Cc1cc(NC(=O)c2cc3cc(Br)ccc3n2NC(=O)C(=O)Nc2ccc(C(C)(C)C)cc2)ccc1Br. The van der Waals surface area contributed by atoms with Crippen LogP contribution in [0.2, 0.25) is 0 Å². The summed E-state index contributed by atoms with van der Waals surface area (Å²) in [6.07, 6.45) is 0. The summed E-state index contributed by atoms with van der Waals surface area (Å²) in [6, 6.07) is 19.8. The van der Waals surface area contributed by atoms with Crippen molar-refractivity contribution in [2.75, 3.05) is 16.1 Å². The number of carbonyl (C=O) groups excluding carboxylic acids is 3. The molecule has 0 saturated carbocycles. The molecular weight excluding hydrogens is 600 g/mol. The molecule has 0 spiro atoms. The summed E-state index contributed by atoms with van der Waals surface area (Å²) in [4.78, 5) is 38.8. The molecule has 0 unspecified atom stereocenters. The van der Waals surface area contributed by atoms with Gasteiger partial charge in [-0.05, 0) is 78.1 Å². The van der Waals surface area contributed by atoms with Crippen LogP contribution in [0.3, 0.4) is 0 Å². The van der Waals surface area contributed by atoms with Crippen LogP contribution in [0.25, 0.3) is 10.9 Å². The summed E-state index contributed by atoms with van der Waals surface area (Å²) < 4.78 is 3.07. The number of aromatic nitrogens is 1. The van der Waals surface area contributed by atoms with Gasteiger partial charge in [0.15, 0.2) is 0 Å². The van der Waals surface area contributed by atoms with Crippen molar-refractivity contribution in [2.45, 2.75) is 33.1 Å². The average Bonchev–Trinajstić information content (AvgIpc) is 3.18. The predicted molar refractivity (Wildman–Crippen MR) is 155 cm³/mol. The molecule has 3 amide bonds. The third kappa shape index (κ3) is 6.11. The molecule has 0 saturated heterocycles. The van der Waals surface area contributed by atoms with E-state index in [0.29, 0.717) is 22.3 Å². The van der Waals surface area contributed by atoms with Gasteiger partial charge in [0.25, 0.3) is 5.91 Å². The van der Waals surface area contributed by atoms with Gasteiger partial charge < -0.3 is 10.6 Å². The topological polar surface area (TPSA) is 92.2 Å². The van der Waals surface area contributed by atoms with Crippen molar-refractivity contribution in [3.8, 4) is 0 Å². The number of hydrogen-bond donors (Lipinski definition) is 3. The van der Waals surface area contributed by atoms with Crippen molar-refractivity contribution >= 4 is 71.9 Å². The van der Waals surface area contributed by atoms with Gasteiger partial charge in [0.2, 0.25) is 0 Å². The third-order valence-corrected chi connectivity index (χ3v) is 7.22. The number of carbonyl (C=O) groups is 3. The van der Waals surface area contributed by atoms with Gasteiger partial charge in [-0.1, -0.05) is 64.8 Å². The number of aryl methyl sites for hydroxylation is 1. The quantitative estimate of drug-likeness (QED) is 0.220. The lowest BCUT2D eigenvalue weighted by Gasteiger charge is -2.19. The summed E-state index contributed by atoms with van der Waals surface area (Å²) in [5.74, 6) is -2.20. The van der Waals surface area contributed by atoms with E-state index in [-0.39, 0.29) is 11.1 Å². The summed E-state index contributed by atoms with van der Waals surface area (Å²) in [7, 11) is 0. The lowest BCUT2D eigenvalue weighted by Crippen LogP contribution is -2.36. The molecule has 4 rings (SSSR count). The van der Waals surface area contributed by atoms with Crippen molar-refractivity contribution in [2.24, 2.45) is 0 Å². The Morgan fingerprint density at radius 1 is 0.784 bits per heavy atom. The number of amides is 3. The zero-order valence-corrected chi connectivity index (χ0v) is 24.0. The minimum atomic E-state index is -0.908. The molecule has 3 N–H and O–H groups in total. The normalized spacial score (nSPS) is 11.3. The number of fused-ring (bicyclic) bond motifs is 1. The van der Waals surface area contributed by atoms with E-state index in [1.54, 1.807) is 36.4 Å². The van der Waals surface area contributed by atoms with Gasteiger partial charge in [0.1, 0.15) is 5.69 Å². The molecule has 0 radical (unpaired) electrons. The van der Waals surface area contributed by atoms with Crippen LogP contribution in [0, 0.1) is 6.92 Å². The van der Waals surface area contributed by atoms with Crippen molar-refractivity contribution in [3.63, 3.8) is 0 Å². The fourth-order valence-electron chi connectivity index (χ4n) is 3.79. The lowest BCUT2D eigenvalue weighted by molar-refractivity contribution is -0.133. The van der Waals surface area contributed by atoms with Crippen LogP contribution < -0.4 is 16.1 Å². The van der Waals surface area contributed by atoms with Crippen molar-refractivity contribution in [1.29, 1.82) is 0 Å². The van der Waals surface area contributed by atoms with Crippen LogP contribution in [0.5, 0.6) is 0 Å². The molecule has 1 aromatic heterocycles. The second kappa shape index (κ2) is 10.5. The Kier molecular flexibility index (Phi) is 7.57. The Morgan fingerprint density at radius 2 is 1.46 bits per heavy atom. The molecule has 1 heterocycles. The molecule has 0 aliphatic carbocycles. The van der Waals surface area contributed by atoms with Gasteiger partial charge in [0, 0.05) is 25.7 Å². The fraction of sp³-hybridized carbons (Fsp3) is 0.179. The first-order valence-electron chi connectivity index (χ1n) is 11.5. The summed E-state index contributed by atoms with van der Waals surface area (Å²) in [5, 5.41) is 6.18. The number of benzene rings is 3. The van der Waals surface area contributed by atoms with Crippen LogP contribution in [0.15, 0.2) is 75.7 Å². The lowest BCUT2D eigenvalue weighted by atomic mass is 9.87. The highest BCUT2D eigenvalue weighted by atomic mass is 79.9. The standard InChI is InChI=1S/C28H26Br2N4O3/c1-16-13-21(10-11-22(16)30)32-25(35)24-15-17-14-19(29)7-12-23(17)34(24)33-27(37)26(36)31-20-8-5-18(6-9-20)28(2,3)4/h5-15H,1-4H3,(H,31,36)(H,32,35)(H,33,37). The van der Waals surface area contributed by atoms with Crippen LogP contribution in [-0.2, 0) is 15.0 Å². The van der Waals surface area contributed by atoms with Gasteiger partial charge in [-0.25, -0.2) is 4.68 Å². The van der Waals surface area contributed by atoms with E-state index in [2.05, 4.69) is 68.7 Å². The van der Waals surface area contributed by atoms with E-state index >= 15 is 0 Å². The molecule has 37 heavy (non-hydrogen) atoms. The fourth-order valence-corrected chi connectivity index (χ4v) is 4.41. The Morgan fingerprint density at radius 3 is 2.11 bits per heavy atom. The Bertz CT molecular complexity index is 1520. The molecule has 0 bridgehead atoms. The number of anilines is 2. The highest BCUT2D eigenvalue weighted by Crippen LogP contribution is 2.26. The first-order chi connectivity index (χ1) is 17.4. The number of nitrogens with zero attached hydrogens (tertiary/aromatic N) is 1. The van der Waals surface area contributed by atoms with E-state index in [9.17, 15) is 14.4 Å². The van der Waals surface area contributed by atoms with Gasteiger partial charge in [-0.3, -0.25) is 19.8 Å². The Balaban J connectivity index is 1.58. The number of halogens is 2. The van der Waals surface area contributed by atoms with E-state index in [4.69, 9.17) is 0 Å². The maximum Gasteiger partial charge on any atom is 0.328 e. The minimum Gasteiger partial charge on any atom is -0.321 e. The number of rotatable bonds is 4. The van der Waals surface area contributed by atoms with Gasteiger partial charge >= 0.3 is 11.8 Å². The van der Waals surface area contributed by atoms with Crippen LogP contribution in [-0.4, -0.2) is 22.4 Å². The molecular formula is C28H26Br2N4O3. The van der Waals surface area contributed by atoms with Crippen molar-refractivity contribution < 1.29 is 14.4 Å². The van der Waals surface area contributed by atoms with Crippen LogP contribution in [0.4, 0.5) is 11.4 Å². The maximum absolute atomic E-state index is 13.2.